The van der Waals surface area contributed by atoms with Crippen LogP contribution in [0.5, 0.6) is 5.75 Å². The van der Waals surface area contributed by atoms with Crippen molar-refractivity contribution in [2.75, 3.05) is 6.61 Å². The minimum absolute atomic E-state index is 0.0180. The standard InChI is InChI=1S/C14H19NO3/c1-10-8-11(4-5-12(10)17)13(18)15-14(9-16)6-2-3-7-14/h4-5,8,16-17H,2-3,6-7,9H2,1H3,(H,15,18). The second-order valence-corrected chi connectivity index (χ2v) is 5.10. The molecule has 1 aromatic carbocycles. The molecule has 1 aromatic rings. The number of benzene rings is 1. The van der Waals surface area contributed by atoms with Gasteiger partial charge in [0.2, 0.25) is 0 Å². The number of carbonyl (C=O) groups is 1. The summed E-state index contributed by atoms with van der Waals surface area (Å²) < 4.78 is 0. The molecular formula is C14H19NO3. The molecule has 1 fully saturated rings. The molecule has 0 unspecified atom stereocenters. The van der Waals surface area contributed by atoms with Gasteiger partial charge in [-0.1, -0.05) is 12.8 Å². The lowest BCUT2D eigenvalue weighted by Crippen LogP contribution is -2.49. The molecule has 2 rings (SSSR count). The van der Waals surface area contributed by atoms with Gasteiger partial charge in [-0.15, -0.1) is 0 Å². The van der Waals surface area contributed by atoms with Crippen molar-refractivity contribution < 1.29 is 15.0 Å². The number of aliphatic hydroxyl groups is 1. The van der Waals surface area contributed by atoms with Crippen LogP contribution in [0.3, 0.4) is 0 Å². The van der Waals surface area contributed by atoms with Crippen molar-refractivity contribution in [1.82, 2.24) is 5.32 Å². The first kappa shape index (κ1) is 12.9. The minimum Gasteiger partial charge on any atom is -0.508 e. The van der Waals surface area contributed by atoms with Crippen LogP contribution in [0.1, 0.15) is 41.6 Å². The second-order valence-electron chi connectivity index (χ2n) is 5.10. The van der Waals surface area contributed by atoms with Crippen LogP contribution in [-0.4, -0.2) is 28.3 Å². The largest absolute Gasteiger partial charge is 0.508 e. The van der Waals surface area contributed by atoms with Crippen molar-refractivity contribution in [2.24, 2.45) is 0 Å². The van der Waals surface area contributed by atoms with E-state index in [0.29, 0.717) is 11.1 Å². The average Bonchev–Trinajstić information content (AvgIpc) is 2.82. The number of carbonyl (C=O) groups excluding carboxylic acids is 1. The van der Waals surface area contributed by atoms with Gasteiger partial charge < -0.3 is 15.5 Å². The molecule has 4 nitrogen and oxygen atoms in total. The number of aliphatic hydroxyl groups excluding tert-OH is 1. The lowest BCUT2D eigenvalue weighted by atomic mass is 9.98. The fourth-order valence-corrected chi connectivity index (χ4v) is 2.48. The Morgan fingerprint density at radius 2 is 2.06 bits per heavy atom. The van der Waals surface area contributed by atoms with E-state index >= 15 is 0 Å². The molecule has 0 aliphatic heterocycles. The van der Waals surface area contributed by atoms with E-state index in [1.165, 1.54) is 6.07 Å². The molecule has 1 aliphatic carbocycles. The number of nitrogens with one attached hydrogen (secondary N) is 1. The van der Waals surface area contributed by atoms with Crippen LogP contribution < -0.4 is 5.32 Å². The summed E-state index contributed by atoms with van der Waals surface area (Å²) in [6.07, 6.45) is 3.73. The summed E-state index contributed by atoms with van der Waals surface area (Å²) >= 11 is 0. The van der Waals surface area contributed by atoms with Gasteiger partial charge in [-0.2, -0.15) is 0 Å². The van der Waals surface area contributed by atoms with Crippen LogP contribution in [-0.2, 0) is 0 Å². The summed E-state index contributed by atoms with van der Waals surface area (Å²) in [5.41, 5.74) is 0.736. The number of hydrogen-bond donors (Lipinski definition) is 3. The van der Waals surface area contributed by atoms with Gasteiger partial charge in [-0.3, -0.25) is 4.79 Å². The van der Waals surface area contributed by atoms with Gasteiger partial charge in [-0.25, -0.2) is 0 Å². The number of hydrogen-bond acceptors (Lipinski definition) is 3. The van der Waals surface area contributed by atoms with E-state index < -0.39 is 5.54 Å². The van der Waals surface area contributed by atoms with E-state index in [1.54, 1.807) is 19.1 Å². The van der Waals surface area contributed by atoms with Crippen molar-refractivity contribution >= 4 is 5.91 Å². The average molecular weight is 249 g/mol. The number of aromatic hydroxyl groups is 1. The highest BCUT2D eigenvalue weighted by atomic mass is 16.3. The quantitative estimate of drug-likeness (QED) is 0.764. The third-order valence-electron chi connectivity index (χ3n) is 3.70. The molecule has 18 heavy (non-hydrogen) atoms. The first-order valence-electron chi connectivity index (χ1n) is 6.29. The molecule has 0 aromatic heterocycles. The van der Waals surface area contributed by atoms with E-state index in [0.717, 1.165) is 25.7 Å². The maximum Gasteiger partial charge on any atom is 0.251 e. The highest BCUT2D eigenvalue weighted by Gasteiger charge is 2.34. The number of amides is 1. The van der Waals surface area contributed by atoms with Crippen LogP contribution in [0, 0.1) is 6.92 Å². The predicted octanol–water partition coefficient (Wildman–Crippen LogP) is 1.74. The first-order chi connectivity index (χ1) is 8.56. The molecule has 1 amide bonds. The van der Waals surface area contributed by atoms with Crippen LogP contribution in [0.25, 0.3) is 0 Å². The zero-order chi connectivity index (χ0) is 13.2. The van der Waals surface area contributed by atoms with E-state index in [2.05, 4.69) is 5.32 Å². The van der Waals surface area contributed by atoms with Crippen molar-refractivity contribution in [2.45, 2.75) is 38.1 Å². The number of phenols is 1. The zero-order valence-corrected chi connectivity index (χ0v) is 10.6. The lowest BCUT2D eigenvalue weighted by Gasteiger charge is -2.28. The highest BCUT2D eigenvalue weighted by Crippen LogP contribution is 2.29. The molecular weight excluding hydrogens is 230 g/mol. The van der Waals surface area contributed by atoms with Crippen LogP contribution >= 0.6 is 0 Å². The van der Waals surface area contributed by atoms with Crippen molar-refractivity contribution in [3.05, 3.63) is 29.3 Å². The summed E-state index contributed by atoms with van der Waals surface area (Å²) in [5.74, 6) is -0.00154. The SMILES string of the molecule is Cc1cc(C(=O)NC2(CO)CCCC2)ccc1O. The summed E-state index contributed by atoms with van der Waals surface area (Å²) in [4.78, 5) is 12.1. The normalized spacial score (nSPS) is 17.7. The fraction of sp³-hybridized carbons (Fsp3) is 0.500. The Morgan fingerprint density at radius 3 is 2.61 bits per heavy atom. The summed E-state index contributed by atoms with van der Waals surface area (Å²) in [7, 11) is 0. The monoisotopic (exact) mass is 249 g/mol. The number of aryl methyl sites for hydroxylation is 1. The molecule has 1 aliphatic rings. The summed E-state index contributed by atoms with van der Waals surface area (Å²) in [6, 6.07) is 4.77. The third-order valence-corrected chi connectivity index (χ3v) is 3.70. The molecule has 98 valence electrons. The van der Waals surface area contributed by atoms with E-state index in [9.17, 15) is 15.0 Å². The Labute approximate surface area is 107 Å². The number of phenolic OH excluding ortho intramolecular Hbond substituents is 1. The van der Waals surface area contributed by atoms with E-state index in [-0.39, 0.29) is 18.3 Å². The Balaban J connectivity index is 2.13. The first-order valence-corrected chi connectivity index (χ1v) is 6.29. The van der Waals surface area contributed by atoms with Gasteiger partial charge in [-0.05, 0) is 43.5 Å². The van der Waals surface area contributed by atoms with Gasteiger partial charge in [0.15, 0.2) is 0 Å². The molecule has 0 spiro atoms. The van der Waals surface area contributed by atoms with Crippen LogP contribution in [0.15, 0.2) is 18.2 Å². The van der Waals surface area contributed by atoms with Crippen LogP contribution in [0.4, 0.5) is 0 Å². The van der Waals surface area contributed by atoms with E-state index in [1.807, 2.05) is 0 Å². The fourth-order valence-electron chi connectivity index (χ4n) is 2.48. The van der Waals surface area contributed by atoms with Crippen molar-refractivity contribution in [1.29, 1.82) is 0 Å². The van der Waals surface area contributed by atoms with Crippen LogP contribution in [0.2, 0.25) is 0 Å². The number of rotatable bonds is 3. The maximum atomic E-state index is 12.1. The third kappa shape index (κ3) is 2.48. The van der Waals surface area contributed by atoms with Gasteiger partial charge >= 0.3 is 0 Å². The predicted molar refractivity (Wildman–Crippen MR) is 68.6 cm³/mol. The van der Waals surface area contributed by atoms with Gasteiger partial charge in [0.25, 0.3) is 5.91 Å². The van der Waals surface area contributed by atoms with Crippen molar-refractivity contribution in [3.63, 3.8) is 0 Å². The molecule has 4 heteroatoms. The smallest absolute Gasteiger partial charge is 0.251 e. The van der Waals surface area contributed by atoms with Gasteiger partial charge in [0.1, 0.15) is 5.75 Å². The maximum absolute atomic E-state index is 12.1. The molecule has 0 saturated heterocycles. The topological polar surface area (TPSA) is 69.6 Å². The molecule has 1 saturated carbocycles. The Kier molecular flexibility index (Phi) is 3.57. The molecule has 0 heterocycles. The van der Waals surface area contributed by atoms with Gasteiger partial charge in [0.05, 0.1) is 12.1 Å². The Bertz CT molecular complexity index is 450. The highest BCUT2D eigenvalue weighted by molar-refractivity contribution is 5.95. The second kappa shape index (κ2) is 4.98. The molecule has 0 bridgehead atoms. The van der Waals surface area contributed by atoms with Gasteiger partial charge in [0, 0.05) is 5.56 Å². The van der Waals surface area contributed by atoms with Crippen molar-refractivity contribution in [3.8, 4) is 5.75 Å². The zero-order valence-electron chi connectivity index (χ0n) is 10.6. The Hall–Kier alpha value is -1.55. The molecule has 0 atom stereocenters. The Morgan fingerprint density at radius 1 is 1.39 bits per heavy atom. The lowest BCUT2D eigenvalue weighted by molar-refractivity contribution is 0.0838. The van der Waals surface area contributed by atoms with E-state index in [4.69, 9.17) is 0 Å². The summed E-state index contributed by atoms with van der Waals surface area (Å²) in [6.45, 7) is 1.74. The molecule has 3 N–H and O–H groups in total. The molecule has 0 radical (unpaired) electrons. The minimum atomic E-state index is -0.455. The summed E-state index contributed by atoms with van der Waals surface area (Å²) in [5, 5.41) is 21.8.